The van der Waals surface area contributed by atoms with Gasteiger partial charge < -0.3 is 29.9 Å². The van der Waals surface area contributed by atoms with Gasteiger partial charge in [0.05, 0.1) is 19.8 Å². The van der Waals surface area contributed by atoms with E-state index in [1.807, 2.05) is 24.3 Å². The van der Waals surface area contributed by atoms with Crippen LogP contribution in [0.2, 0.25) is 0 Å². The van der Waals surface area contributed by atoms with Crippen molar-refractivity contribution in [2.75, 3.05) is 13.7 Å². The maximum Gasteiger partial charge on any atom is 0.118 e. The van der Waals surface area contributed by atoms with Crippen LogP contribution in [0.3, 0.4) is 0 Å². The first-order valence-corrected chi connectivity index (χ1v) is 7.50. The minimum Gasteiger partial charge on any atom is -0.497 e. The molecule has 0 amide bonds. The summed E-state index contributed by atoms with van der Waals surface area (Å²) in [6, 6.07) is 7.74. The Kier molecular flexibility index (Phi) is 6.16. The Morgan fingerprint density at radius 1 is 1.00 bits per heavy atom. The van der Waals surface area contributed by atoms with Gasteiger partial charge in [-0.05, 0) is 37.0 Å². The molecule has 1 fully saturated rings. The molecule has 0 aromatic heterocycles. The second-order valence-electron chi connectivity index (χ2n) is 5.61. The first-order valence-electron chi connectivity index (χ1n) is 7.50. The molecule has 1 aliphatic heterocycles. The van der Waals surface area contributed by atoms with Gasteiger partial charge in [-0.1, -0.05) is 12.1 Å². The third-order valence-electron chi connectivity index (χ3n) is 4.10. The fraction of sp³-hybridized carbons (Fsp3) is 0.625. The third-order valence-corrected chi connectivity index (χ3v) is 4.10. The lowest BCUT2D eigenvalue weighted by Gasteiger charge is -2.40. The highest BCUT2D eigenvalue weighted by Crippen LogP contribution is 2.24. The van der Waals surface area contributed by atoms with E-state index in [9.17, 15) is 15.3 Å². The molecule has 1 heterocycles. The number of ether oxygens (including phenoxy) is 2. The van der Waals surface area contributed by atoms with Crippen LogP contribution in [0.25, 0.3) is 0 Å². The first kappa shape index (κ1) is 17.2. The molecule has 4 N–H and O–H groups in total. The lowest BCUT2D eigenvalue weighted by atomic mass is 9.92. The fourth-order valence-electron chi connectivity index (χ4n) is 2.72. The Bertz CT molecular complexity index is 446. The average molecular weight is 312 g/mol. The van der Waals surface area contributed by atoms with E-state index in [4.69, 9.17) is 14.6 Å². The summed E-state index contributed by atoms with van der Waals surface area (Å²) in [5.41, 5.74) is 1.14. The van der Waals surface area contributed by atoms with Crippen LogP contribution in [0, 0.1) is 0 Å². The number of aliphatic hydroxyl groups excluding tert-OH is 4. The highest BCUT2D eigenvalue weighted by atomic mass is 16.5. The zero-order valence-electron chi connectivity index (χ0n) is 12.6. The van der Waals surface area contributed by atoms with E-state index in [1.54, 1.807) is 7.11 Å². The molecule has 0 bridgehead atoms. The number of methoxy groups -OCH3 is 1. The lowest BCUT2D eigenvalue weighted by Crippen LogP contribution is -2.58. The van der Waals surface area contributed by atoms with Crippen LogP contribution >= 0.6 is 0 Å². The predicted octanol–water partition coefficient (Wildman–Crippen LogP) is -0.140. The second-order valence-corrected chi connectivity index (χ2v) is 5.61. The maximum absolute atomic E-state index is 9.95. The summed E-state index contributed by atoms with van der Waals surface area (Å²) in [5, 5.41) is 38.6. The molecule has 1 unspecified atom stereocenters. The normalized spacial score (nSPS) is 32.0. The van der Waals surface area contributed by atoms with Crippen LogP contribution in [0.15, 0.2) is 24.3 Å². The minimum atomic E-state index is -1.29. The Labute approximate surface area is 129 Å². The fourth-order valence-corrected chi connectivity index (χ4v) is 2.72. The van der Waals surface area contributed by atoms with Crippen molar-refractivity contribution in [3.05, 3.63) is 29.8 Å². The van der Waals surface area contributed by atoms with Crippen LogP contribution in [0.1, 0.15) is 18.4 Å². The first-order chi connectivity index (χ1) is 10.6. The highest BCUT2D eigenvalue weighted by molar-refractivity contribution is 5.27. The van der Waals surface area contributed by atoms with Gasteiger partial charge in [0.15, 0.2) is 0 Å². The van der Waals surface area contributed by atoms with Gasteiger partial charge in [0, 0.05) is 0 Å². The number of rotatable bonds is 6. The van der Waals surface area contributed by atoms with Gasteiger partial charge in [0.1, 0.15) is 30.2 Å². The Morgan fingerprint density at radius 2 is 1.64 bits per heavy atom. The van der Waals surface area contributed by atoms with Gasteiger partial charge in [-0.25, -0.2) is 0 Å². The molecule has 1 aliphatic rings. The summed E-state index contributed by atoms with van der Waals surface area (Å²) in [5.74, 6) is 0.803. The molecule has 0 aliphatic carbocycles. The third kappa shape index (κ3) is 3.97. The van der Waals surface area contributed by atoms with Crippen molar-refractivity contribution in [1.82, 2.24) is 0 Å². The zero-order chi connectivity index (χ0) is 16.1. The highest BCUT2D eigenvalue weighted by Gasteiger charge is 2.42. The summed E-state index contributed by atoms with van der Waals surface area (Å²) in [4.78, 5) is 0. The second kappa shape index (κ2) is 7.89. The van der Waals surface area contributed by atoms with Gasteiger partial charge >= 0.3 is 0 Å². The van der Waals surface area contributed by atoms with Crippen molar-refractivity contribution in [2.45, 2.75) is 49.8 Å². The van der Waals surface area contributed by atoms with Crippen molar-refractivity contribution < 1.29 is 29.9 Å². The van der Waals surface area contributed by atoms with E-state index >= 15 is 0 Å². The quantitative estimate of drug-likeness (QED) is 0.583. The average Bonchev–Trinajstić information content (AvgIpc) is 2.55. The molecule has 1 aromatic carbocycles. The molecule has 1 aromatic rings. The van der Waals surface area contributed by atoms with E-state index in [-0.39, 0.29) is 6.61 Å². The Balaban J connectivity index is 1.84. The lowest BCUT2D eigenvalue weighted by molar-refractivity contribution is -0.230. The molecule has 0 saturated carbocycles. The number of hydrogen-bond acceptors (Lipinski definition) is 6. The van der Waals surface area contributed by atoms with Crippen molar-refractivity contribution in [3.8, 4) is 5.75 Å². The van der Waals surface area contributed by atoms with Crippen LogP contribution in [-0.2, 0) is 11.2 Å². The number of aliphatic hydroxyl groups is 4. The van der Waals surface area contributed by atoms with Crippen molar-refractivity contribution in [1.29, 1.82) is 0 Å². The van der Waals surface area contributed by atoms with Gasteiger partial charge in [-0.3, -0.25) is 0 Å². The zero-order valence-corrected chi connectivity index (χ0v) is 12.6. The minimum absolute atomic E-state index is 0.389. The topological polar surface area (TPSA) is 99.4 Å². The SMILES string of the molecule is COc1ccc(CCCC2O[C@H](CO)[C@@H](O)[C@H](O)[C@H]2O)cc1. The maximum atomic E-state index is 9.95. The molecule has 0 radical (unpaired) electrons. The monoisotopic (exact) mass is 312 g/mol. The Hall–Kier alpha value is -1.18. The van der Waals surface area contributed by atoms with Crippen LogP contribution < -0.4 is 4.74 Å². The van der Waals surface area contributed by atoms with Gasteiger partial charge in [-0.2, -0.15) is 0 Å². The summed E-state index contributed by atoms with van der Waals surface area (Å²) >= 11 is 0. The molecule has 1 saturated heterocycles. The largest absolute Gasteiger partial charge is 0.497 e. The molecule has 5 atom stereocenters. The molecule has 2 rings (SSSR count). The van der Waals surface area contributed by atoms with Crippen molar-refractivity contribution >= 4 is 0 Å². The molecule has 124 valence electrons. The number of hydrogen-bond donors (Lipinski definition) is 4. The molecular weight excluding hydrogens is 288 g/mol. The number of benzene rings is 1. The summed E-state index contributed by atoms with van der Waals surface area (Å²) in [6.45, 7) is -0.389. The van der Waals surface area contributed by atoms with E-state index in [0.717, 1.165) is 24.2 Å². The van der Waals surface area contributed by atoms with Crippen LogP contribution in [0.4, 0.5) is 0 Å². The molecule has 6 heteroatoms. The molecule has 0 spiro atoms. The van der Waals surface area contributed by atoms with Crippen molar-refractivity contribution in [2.24, 2.45) is 0 Å². The molecule has 6 nitrogen and oxygen atoms in total. The standard InChI is InChI=1S/C16H24O6/c1-21-11-7-5-10(6-8-11)3-2-4-12-14(18)16(20)15(19)13(9-17)22-12/h5-8,12-20H,2-4,9H2,1H3/t12?,13-,14+,15-,16-/m1/s1. The van der Waals surface area contributed by atoms with Crippen LogP contribution in [0.5, 0.6) is 5.75 Å². The smallest absolute Gasteiger partial charge is 0.118 e. The van der Waals surface area contributed by atoms with Crippen LogP contribution in [-0.4, -0.2) is 64.7 Å². The number of aryl methyl sites for hydroxylation is 1. The predicted molar refractivity (Wildman–Crippen MR) is 79.7 cm³/mol. The van der Waals surface area contributed by atoms with E-state index in [0.29, 0.717) is 6.42 Å². The summed E-state index contributed by atoms with van der Waals surface area (Å²) in [6.07, 6.45) is -3.05. The van der Waals surface area contributed by atoms with E-state index < -0.39 is 30.5 Å². The molecular formula is C16H24O6. The summed E-state index contributed by atoms with van der Waals surface area (Å²) < 4.78 is 10.6. The van der Waals surface area contributed by atoms with Gasteiger partial charge in [0.2, 0.25) is 0 Å². The van der Waals surface area contributed by atoms with Crippen molar-refractivity contribution in [3.63, 3.8) is 0 Å². The van der Waals surface area contributed by atoms with Gasteiger partial charge in [-0.15, -0.1) is 0 Å². The van der Waals surface area contributed by atoms with E-state index in [2.05, 4.69) is 0 Å². The molecule has 22 heavy (non-hydrogen) atoms. The van der Waals surface area contributed by atoms with E-state index in [1.165, 1.54) is 0 Å². The van der Waals surface area contributed by atoms with Gasteiger partial charge in [0.25, 0.3) is 0 Å². The Morgan fingerprint density at radius 3 is 2.23 bits per heavy atom. The summed E-state index contributed by atoms with van der Waals surface area (Å²) in [7, 11) is 1.62.